The van der Waals surface area contributed by atoms with Crippen LogP contribution in [0.5, 0.6) is 0 Å². The van der Waals surface area contributed by atoms with Gasteiger partial charge in [0.1, 0.15) is 11.6 Å². The van der Waals surface area contributed by atoms with Crippen LogP contribution < -0.4 is 0 Å². The zero-order chi connectivity index (χ0) is 11.4. The molecule has 0 aliphatic heterocycles. The first-order valence-electron chi connectivity index (χ1n) is 6.32. The average molecular weight is 242 g/mol. The normalized spacial score (nSPS) is 17.1. The number of aromatic nitrogens is 3. The van der Waals surface area contributed by atoms with E-state index in [1.54, 1.807) is 0 Å². The molecule has 1 aromatic rings. The molecular formula is C12H20ClN3. The summed E-state index contributed by atoms with van der Waals surface area (Å²) in [4.78, 5) is 0. The molecule has 1 saturated carbocycles. The molecule has 0 unspecified atom stereocenters. The summed E-state index contributed by atoms with van der Waals surface area (Å²) in [7, 11) is 0. The van der Waals surface area contributed by atoms with Crippen molar-refractivity contribution in [2.24, 2.45) is 5.92 Å². The SMILES string of the molecule is CCn1c(CCl)nnc1CCC1CCCC1. The van der Waals surface area contributed by atoms with Crippen molar-refractivity contribution in [1.29, 1.82) is 0 Å². The van der Waals surface area contributed by atoms with Gasteiger partial charge in [-0.05, 0) is 19.3 Å². The van der Waals surface area contributed by atoms with Crippen molar-refractivity contribution < 1.29 is 0 Å². The minimum absolute atomic E-state index is 0.463. The fraction of sp³-hybridized carbons (Fsp3) is 0.833. The van der Waals surface area contributed by atoms with Crippen LogP contribution >= 0.6 is 11.6 Å². The number of nitrogens with zero attached hydrogens (tertiary/aromatic N) is 3. The molecule has 0 N–H and O–H groups in total. The fourth-order valence-corrected chi connectivity index (χ4v) is 2.85. The van der Waals surface area contributed by atoms with Crippen molar-refractivity contribution in [3.8, 4) is 0 Å². The second-order valence-electron chi connectivity index (χ2n) is 4.60. The Morgan fingerprint density at radius 3 is 2.56 bits per heavy atom. The van der Waals surface area contributed by atoms with Crippen LogP contribution in [0.2, 0.25) is 0 Å². The zero-order valence-electron chi connectivity index (χ0n) is 9.95. The highest BCUT2D eigenvalue weighted by Crippen LogP contribution is 2.28. The lowest BCUT2D eigenvalue weighted by Gasteiger charge is -2.09. The quantitative estimate of drug-likeness (QED) is 0.742. The van der Waals surface area contributed by atoms with E-state index in [0.717, 1.165) is 30.5 Å². The van der Waals surface area contributed by atoms with Gasteiger partial charge in [0.05, 0.1) is 5.88 Å². The van der Waals surface area contributed by atoms with Gasteiger partial charge in [0.25, 0.3) is 0 Å². The van der Waals surface area contributed by atoms with Gasteiger partial charge in [-0.15, -0.1) is 21.8 Å². The van der Waals surface area contributed by atoms with Gasteiger partial charge in [0.2, 0.25) is 0 Å². The molecule has 0 aromatic carbocycles. The van der Waals surface area contributed by atoms with Gasteiger partial charge < -0.3 is 4.57 Å². The van der Waals surface area contributed by atoms with Crippen LogP contribution in [0.25, 0.3) is 0 Å². The Morgan fingerprint density at radius 2 is 1.94 bits per heavy atom. The van der Waals surface area contributed by atoms with E-state index >= 15 is 0 Å². The van der Waals surface area contributed by atoms with Gasteiger partial charge >= 0.3 is 0 Å². The third-order valence-corrected chi connectivity index (χ3v) is 3.83. The predicted octanol–water partition coefficient (Wildman–Crippen LogP) is 3.16. The first kappa shape index (κ1) is 11.9. The maximum absolute atomic E-state index is 5.83. The molecule has 0 bridgehead atoms. The summed E-state index contributed by atoms with van der Waals surface area (Å²) in [6, 6.07) is 0. The number of hydrogen-bond acceptors (Lipinski definition) is 2. The molecule has 0 saturated heterocycles. The predicted molar refractivity (Wildman–Crippen MR) is 65.5 cm³/mol. The number of aryl methyl sites for hydroxylation is 1. The van der Waals surface area contributed by atoms with Crippen LogP contribution in [0.15, 0.2) is 0 Å². The van der Waals surface area contributed by atoms with Crippen LogP contribution in [-0.2, 0) is 18.8 Å². The Morgan fingerprint density at radius 1 is 1.25 bits per heavy atom. The number of halogens is 1. The maximum Gasteiger partial charge on any atom is 0.147 e. The highest BCUT2D eigenvalue weighted by molar-refractivity contribution is 6.16. The zero-order valence-corrected chi connectivity index (χ0v) is 10.7. The molecule has 0 atom stereocenters. The van der Waals surface area contributed by atoms with Crippen molar-refractivity contribution in [2.75, 3.05) is 0 Å². The summed E-state index contributed by atoms with van der Waals surface area (Å²) in [6.45, 7) is 3.05. The molecule has 0 amide bonds. The molecule has 4 heteroatoms. The maximum atomic E-state index is 5.83. The summed E-state index contributed by atoms with van der Waals surface area (Å²) in [5.41, 5.74) is 0. The Kier molecular flexibility index (Phi) is 4.22. The van der Waals surface area contributed by atoms with Crippen LogP contribution in [-0.4, -0.2) is 14.8 Å². The van der Waals surface area contributed by atoms with Gasteiger partial charge in [0, 0.05) is 13.0 Å². The molecule has 0 spiro atoms. The monoisotopic (exact) mass is 241 g/mol. The summed E-state index contributed by atoms with van der Waals surface area (Å²) < 4.78 is 2.15. The Balaban J connectivity index is 1.94. The van der Waals surface area contributed by atoms with Crippen molar-refractivity contribution in [2.45, 2.75) is 57.9 Å². The number of rotatable bonds is 5. The van der Waals surface area contributed by atoms with Crippen molar-refractivity contribution in [1.82, 2.24) is 14.8 Å². The molecule has 1 aliphatic carbocycles. The van der Waals surface area contributed by atoms with Gasteiger partial charge in [-0.2, -0.15) is 0 Å². The third-order valence-electron chi connectivity index (χ3n) is 3.59. The van der Waals surface area contributed by atoms with Crippen molar-refractivity contribution >= 4 is 11.6 Å². The summed E-state index contributed by atoms with van der Waals surface area (Å²) >= 11 is 5.83. The Hall–Kier alpha value is -0.570. The van der Waals surface area contributed by atoms with Crippen LogP contribution in [0, 0.1) is 5.92 Å². The molecule has 3 nitrogen and oxygen atoms in total. The number of alkyl halides is 1. The van der Waals surface area contributed by atoms with Gasteiger partial charge in [-0.1, -0.05) is 25.7 Å². The van der Waals surface area contributed by atoms with Gasteiger partial charge in [-0.25, -0.2) is 0 Å². The molecule has 1 aromatic heterocycles. The van der Waals surface area contributed by atoms with E-state index in [0.29, 0.717) is 5.88 Å². The third kappa shape index (κ3) is 2.57. The minimum atomic E-state index is 0.463. The lowest BCUT2D eigenvalue weighted by atomic mass is 10.0. The molecule has 90 valence electrons. The lowest BCUT2D eigenvalue weighted by molar-refractivity contribution is 0.488. The smallest absolute Gasteiger partial charge is 0.147 e. The second-order valence-corrected chi connectivity index (χ2v) is 4.87. The lowest BCUT2D eigenvalue weighted by Crippen LogP contribution is -2.07. The van der Waals surface area contributed by atoms with E-state index in [4.69, 9.17) is 11.6 Å². The van der Waals surface area contributed by atoms with Crippen molar-refractivity contribution in [3.63, 3.8) is 0 Å². The number of hydrogen-bond donors (Lipinski definition) is 0. The molecule has 0 radical (unpaired) electrons. The minimum Gasteiger partial charge on any atom is -0.314 e. The van der Waals surface area contributed by atoms with E-state index in [1.807, 2.05) is 0 Å². The second kappa shape index (κ2) is 5.67. The van der Waals surface area contributed by atoms with Gasteiger partial charge in [-0.3, -0.25) is 0 Å². The summed E-state index contributed by atoms with van der Waals surface area (Å²) in [5, 5.41) is 8.38. The van der Waals surface area contributed by atoms with Crippen molar-refractivity contribution in [3.05, 3.63) is 11.6 Å². The molecule has 1 aliphatic rings. The highest BCUT2D eigenvalue weighted by Gasteiger charge is 2.17. The first-order valence-corrected chi connectivity index (χ1v) is 6.85. The molecule has 1 heterocycles. The largest absolute Gasteiger partial charge is 0.314 e. The standard InChI is InChI=1S/C12H20ClN3/c1-2-16-11(14-15-12(16)9-13)8-7-10-5-3-4-6-10/h10H,2-9H2,1H3. The van der Waals surface area contributed by atoms with Gasteiger partial charge in [0.15, 0.2) is 0 Å². The molecular weight excluding hydrogens is 222 g/mol. The van der Waals surface area contributed by atoms with E-state index in [-0.39, 0.29) is 0 Å². The average Bonchev–Trinajstić information content (AvgIpc) is 2.94. The highest BCUT2D eigenvalue weighted by atomic mass is 35.5. The van der Waals surface area contributed by atoms with E-state index < -0.39 is 0 Å². The Labute approximate surface area is 102 Å². The first-order chi connectivity index (χ1) is 7.85. The molecule has 16 heavy (non-hydrogen) atoms. The van der Waals surface area contributed by atoms with Crippen LogP contribution in [0.3, 0.4) is 0 Å². The van der Waals surface area contributed by atoms with Crippen LogP contribution in [0.1, 0.15) is 50.7 Å². The van der Waals surface area contributed by atoms with Crippen LogP contribution in [0.4, 0.5) is 0 Å². The summed E-state index contributed by atoms with van der Waals surface area (Å²) in [6.07, 6.45) is 7.96. The Bertz CT molecular complexity index is 329. The van der Waals surface area contributed by atoms with E-state index in [9.17, 15) is 0 Å². The summed E-state index contributed by atoms with van der Waals surface area (Å²) in [5.74, 6) is 3.40. The topological polar surface area (TPSA) is 30.7 Å². The van der Waals surface area contributed by atoms with E-state index in [2.05, 4.69) is 21.7 Å². The molecule has 1 fully saturated rings. The fourth-order valence-electron chi connectivity index (χ4n) is 2.65. The molecule has 2 rings (SSSR count). The van der Waals surface area contributed by atoms with E-state index in [1.165, 1.54) is 32.1 Å².